The molecular formula is C14H30N2O2. The molecule has 0 aliphatic rings. The fourth-order valence-corrected chi connectivity index (χ4v) is 2.15. The fraction of sp³-hybridized carbons (Fsp3) is 0.929. The van der Waals surface area contributed by atoms with Crippen molar-refractivity contribution in [3.8, 4) is 0 Å². The van der Waals surface area contributed by atoms with Gasteiger partial charge in [0.15, 0.2) is 0 Å². The second-order valence-corrected chi connectivity index (χ2v) is 5.97. The second-order valence-electron chi connectivity index (χ2n) is 5.97. The van der Waals surface area contributed by atoms with E-state index in [-0.39, 0.29) is 6.04 Å². The van der Waals surface area contributed by atoms with Crippen LogP contribution < -0.4 is 5.32 Å². The molecular weight excluding hydrogens is 228 g/mol. The van der Waals surface area contributed by atoms with E-state index in [0.717, 1.165) is 19.6 Å². The van der Waals surface area contributed by atoms with E-state index in [1.54, 1.807) is 6.92 Å². The van der Waals surface area contributed by atoms with Crippen LogP contribution in [0.15, 0.2) is 0 Å². The van der Waals surface area contributed by atoms with Gasteiger partial charge in [-0.2, -0.15) is 0 Å². The Morgan fingerprint density at radius 3 is 2.22 bits per heavy atom. The van der Waals surface area contributed by atoms with Crippen molar-refractivity contribution >= 4 is 5.97 Å². The maximum atomic E-state index is 11.4. The van der Waals surface area contributed by atoms with E-state index in [0.29, 0.717) is 12.3 Å². The van der Waals surface area contributed by atoms with Gasteiger partial charge in [0.2, 0.25) is 0 Å². The van der Waals surface area contributed by atoms with E-state index < -0.39 is 11.5 Å². The van der Waals surface area contributed by atoms with Gasteiger partial charge in [-0.3, -0.25) is 10.1 Å². The smallest absolute Gasteiger partial charge is 0.323 e. The highest BCUT2D eigenvalue weighted by Gasteiger charge is 2.33. The molecule has 0 amide bonds. The lowest BCUT2D eigenvalue weighted by molar-refractivity contribution is -0.145. The van der Waals surface area contributed by atoms with Gasteiger partial charge in [0, 0.05) is 19.1 Å². The number of nitrogens with zero attached hydrogens (tertiary/aromatic N) is 1. The van der Waals surface area contributed by atoms with Crippen LogP contribution in [0.1, 0.15) is 48.0 Å². The summed E-state index contributed by atoms with van der Waals surface area (Å²) in [5.41, 5.74) is -0.835. The van der Waals surface area contributed by atoms with Gasteiger partial charge >= 0.3 is 5.97 Å². The number of aliphatic carboxylic acids is 1. The quantitative estimate of drug-likeness (QED) is 0.665. The Morgan fingerprint density at radius 2 is 1.89 bits per heavy atom. The van der Waals surface area contributed by atoms with Crippen LogP contribution in [-0.2, 0) is 4.79 Å². The Kier molecular flexibility index (Phi) is 7.48. The topological polar surface area (TPSA) is 52.6 Å². The zero-order valence-corrected chi connectivity index (χ0v) is 12.8. The molecule has 0 saturated carbocycles. The number of hydrogen-bond acceptors (Lipinski definition) is 3. The lowest BCUT2D eigenvalue weighted by Gasteiger charge is -2.32. The van der Waals surface area contributed by atoms with Crippen LogP contribution in [-0.4, -0.2) is 47.2 Å². The van der Waals surface area contributed by atoms with Crippen molar-refractivity contribution in [2.24, 2.45) is 5.92 Å². The van der Waals surface area contributed by atoms with Crippen molar-refractivity contribution in [2.75, 3.05) is 19.6 Å². The molecule has 1 atom stereocenters. The fourth-order valence-electron chi connectivity index (χ4n) is 2.15. The molecule has 0 spiro atoms. The van der Waals surface area contributed by atoms with Crippen LogP contribution in [0.2, 0.25) is 0 Å². The zero-order valence-electron chi connectivity index (χ0n) is 12.8. The van der Waals surface area contributed by atoms with E-state index in [4.69, 9.17) is 0 Å². The summed E-state index contributed by atoms with van der Waals surface area (Å²) in [6.07, 6.45) is 0.626. The van der Waals surface area contributed by atoms with Gasteiger partial charge in [0.05, 0.1) is 0 Å². The maximum absolute atomic E-state index is 11.4. The average Bonchev–Trinajstić information content (AvgIpc) is 2.22. The van der Waals surface area contributed by atoms with E-state index in [9.17, 15) is 9.90 Å². The summed E-state index contributed by atoms with van der Waals surface area (Å²) in [6.45, 7) is 15.0. The summed E-state index contributed by atoms with van der Waals surface area (Å²) < 4.78 is 0. The highest BCUT2D eigenvalue weighted by atomic mass is 16.4. The van der Waals surface area contributed by atoms with Crippen molar-refractivity contribution in [1.29, 1.82) is 0 Å². The molecule has 0 aromatic heterocycles. The maximum Gasteiger partial charge on any atom is 0.323 e. The first-order valence-electron chi connectivity index (χ1n) is 6.94. The third kappa shape index (κ3) is 6.36. The van der Waals surface area contributed by atoms with E-state index >= 15 is 0 Å². The Hall–Kier alpha value is -0.610. The number of rotatable bonds is 9. The van der Waals surface area contributed by atoms with Gasteiger partial charge < -0.3 is 10.0 Å². The van der Waals surface area contributed by atoms with Crippen molar-refractivity contribution in [3.05, 3.63) is 0 Å². The molecule has 0 rings (SSSR count). The van der Waals surface area contributed by atoms with Gasteiger partial charge in [-0.15, -0.1) is 0 Å². The normalized spacial score (nSPS) is 15.4. The molecule has 0 aliphatic heterocycles. The summed E-state index contributed by atoms with van der Waals surface area (Å²) in [5.74, 6) is -0.157. The molecule has 2 N–H and O–H groups in total. The summed E-state index contributed by atoms with van der Waals surface area (Å²) in [6, 6.07) is 0.172. The first kappa shape index (κ1) is 17.4. The SMILES string of the molecule is CCN(CCC(C)(NC(C)C)C(=O)O)CC(C)C. The molecule has 0 radical (unpaired) electrons. The monoisotopic (exact) mass is 258 g/mol. The number of hydrogen-bond donors (Lipinski definition) is 2. The van der Waals surface area contributed by atoms with Crippen LogP contribution in [0, 0.1) is 5.92 Å². The third-order valence-electron chi connectivity index (χ3n) is 3.08. The van der Waals surface area contributed by atoms with Crippen LogP contribution in [0.25, 0.3) is 0 Å². The largest absolute Gasteiger partial charge is 0.480 e. The van der Waals surface area contributed by atoms with Gasteiger partial charge in [-0.05, 0) is 39.7 Å². The number of carbonyl (C=O) groups is 1. The van der Waals surface area contributed by atoms with Gasteiger partial charge in [-0.1, -0.05) is 20.8 Å². The lowest BCUT2D eigenvalue weighted by Crippen LogP contribution is -2.54. The minimum atomic E-state index is -0.835. The molecule has 18 heavy (non-hydrogen) atoms. The molecule has 1 unspecified atom stereocenters. The molecule has 4 nitrogen and oxygen atoms in total. The summed E-state index contributed by atoms with van der Waals surface area (Å²) in [7, 11) is 0. The van der Waals surface area contributed by atoms with Crippen LogP contribution in [0.4, 0.5) is 0 Å². The van der Waals surface area contributed by atoms with E-state index in [1.165, 1.54) is 0 Å². The second kappa shape index (κ2) is 7.74. The van der Waals surface area contributed by atoms with Gasteiger partial charge in [-0.25, -0.2) is 0 Å². The Bertz CT molecular complexity index is 254. The van der Waals surface area contributed by atoms with Crippen LogP contribution >= 0.6 is 0 Å². The molecule has 0 aromatic carbocycles. The van der Waals surface area contributed by atoms with Crippen LogP contribution in [0.3, 0.4) is 0 Å². The molecule has 0 bridgehead atoms. The highest BCUT2D eigenvalue weighted by molar-refractivity contribution is 5.78. The average molecular weight is 258 g/mol. The summed E-state index contributed by atoms with van der Waals surface area (Å²) in [5, 5.41) is 12.5. The molecule has 4 heteroatoms. The molecule has 0 aliphatic carbocycles. The molecule has 0 saturated heterocycles. The van der Waals surface area contributed by atoms with Crippen molar-refractivity contribution in [1.82, 2.24) is 10.2 Å². The first-order valence-corrected chi connectivity index (χ1v) is 6.94. The predicted molar refractivity (Wildman–Crippen MR) is 75.9 cm³/mol. The first-order chi connectivity index (χ1) is 8.21. The Morgan fingerprint density at radius 1 is 1.33 bits per heavy atom. The minimum Gasteiger partial charge on any atom is -0.480 e. The number of carboxylic acids is 1. The third-order valence-corrected chi connectivity index (χ3v) is 3.08. The Balaban J connectivity index is 4.46. The number of carboxylic acid groups (broad SMARTS) is 1. The zero-order chi connectivity index (χ0) is 14.3. The predicted octanol–water partition coefficient (Wildman–Crippen LogP) is 2.20. The molecule has 0 fully saturated rings. The Labute approximate surface area is 112 Å². The van der Waals surface area contributed by atoms with Crippen molar-refractivity contribution in [3.63, 3.8) is 0 Å². The van der Waals surface area contributed by atoms with Gasteiger partial charge in [0.1, 0.15) is 5.54 Å². The van der Waals surface area contributed by atoms with Crippen molar-refractivity contribution < 1.29 is 9.90 Å². The van der Waals surface area contributed by atoms with Crippen molar-refractivity contribution in [2.45, 2.75) is 59.5 Å². The molecule has 0 heterocycles. The van der Waals surface area contributed by atoms with E-state index in [2.05, 4.69) is 31.0 Å². The highest BCUT2D eigenvalue weighted by Crippen LogP contribution is 2.13. The lowest BCUT2D eigenvalue weighted by atomic mass is 9.96. The number of nitrogens with one attached hydrogen (secondary N) is 1. The molecule has 108 valence electrons. The van der Waals surface area contributed by atoms with E-state index in [1.807, 2.05) is 13.8 Å². The minimum absolute atomic E-state index is 0.172. The summed E-state index contributed by atoms with van der Waals surface area (Å²) >= 11 is 0. The van der Waals surface area contributed by atoms with Gasteiger partial charge in [0.25, 0.3) is 0 Å². The van der Waals surface area contributed by atoms with Crippen LogP contribution in [0.5, 0.6) is 0 Å². The standard InChI is InChI=1S/C14H30N2O2/c1-7-16(10-11(2)3)9-8-14(6,13(17)18)15-12(4)5/h11-12,15H,7-10H2,1-6H3,(H,17,18). The molecule has 0 aromatic rings. The summed E-state index contributed by atoms with van der Waals surface area (Å²) in [4.78, 5) is 13.7.